The summed E-state index contributed by atoms with van der Waals surface area (Å²) in [5, 5.41) is 4.63. The van der Waals surface area contributed by atoms with Crippen molar-refractivity contribution in [3.63, 3.8) is 0 Å². The molecule has 0 aromatic heterocycles. The monoisotopic (exact) mass is 397 g/mol. The summed E-state index contributed by atoms with van der Waals surface area (Å²) >= 11 is 0. The molecule has 0 heterocycles. The van der Waals surface area contributed by atoms with E-state index < -0.39 is 29.2 Å². The number of carbonyl (C=O) groups is 2. The lowest BCUT2D eigenvalue weighted by molar-refractivity contribution is -0.191. The van der Waals surface area contributed by atoms with Crippen LogP contribution in [0, 0.1) is 5.82 Å². The van der Waals surface area contributed by atoms with Crippen molar-refractivity contribution in [3.05, 3.63) is 30.1 Å². The van der Waals surface area contributed by atoms with Crippen LogP contribution in [0.5, 0.6) is 0 Å². The standard InChI is InChI=1S/C17H24FN3O4.CO2/c1-16(2,3)24-14(22)20-13(21-15(23)25-17(4,5)6)19-12-9-7-8-11(18)10-12;2-1-3/h7-10H,1-6H3,(H2,19,20,21,22,23);. The number of nitrogens with zero attached hydrogens (tertiary/aromatic N) is 1. The number of rotatable bonds is 1. The van der Waals surface area contributed by atoms with E-state index >= 15 is 0 Å². The summed E-state index contributed by atoms with van der Waals surface area (Å²) in [4.78, 5) is 44.1. The number of guanidine groups is 1. The van der Waals surface area contributed by atoms with Crippen LogP contribution in [-0.4, -0.2) is 35.5 Å². The van der Waals surface area contributed by atoms with Crippen molar-refractivity contribution in [2.45, 2.75) is 52.7 Å². The number of ether oxygens (including phenoxy) is 2. The molecule has 2 N–H and O–H groups in total. The van der Waals surface area contributed by atoms with Crippen LogP contribution in [0.4, 0.5) is 19.7 Å². The Balaban J connectivity index is 0.00000227. The van der Waals surface area contributed by atoms with Gasteiger partial charge in [0.05, 0.1) is 5.69 Å². The van der Waals surface area contributed by atoms with E-state index in [9.17, 15) is 14.0 Å². The molecule has 0 spiro atoms. The van der Waals surface area contributed by atoms with Crippen molar-refractivity contribution in [3.8, 4) is 0 Å². The maximum Gasteiger partial charge on any atom is 0.414 e. The fourth-order valence-electron chi connectivity index (χ4n) is 1.56. The molecule has 2 amide bonds. The van der Waals surface area contributed by atoms with Gasteiger partial charge in [0.2, 0.25) is 5.96 Å². The molecule has 154 valence electrons. The van der Waals surface area contributed by atoms with Gasteiger partial charge in [0.15, 0.2) is 0 Å². The van der Waals surface area contributed by atoms with Gasteiger partial charge in [0.1, 0.15) is 17.0 Å². The molecule has 0 saturated carbocycles. The predicted molar refractivity (Wildman–Crippen MR) is 97.2 cm³/mol. The Labute approximate surface area is 162 Å². The minimum atomic E-state index is -0.821. The van der Waals surface area contributed by atoms with E-state index in [1.807, 2.05) is 0 Å². The lowest BCUT2D eigenvalue weighted by Gasteiger charge is -2.22. The van der Waals surface area contributed by atoms with Crippen molar-refractivity contribution in [1.82, 2.24) is 10.6 Å². The average molecular weight is 397 g/mol. The number of hydrogen-bond donors (Lipinski definition) is 2. The fraction of sp³-hybridized carbons (Fsp3) is 0.444. The first-order chi connectivity index (χ1) is 12.8. The molecule has 0 bridgehead atoms. The van der Waals surface area contributed by atoms with Gasteiger partial charge >= 0.3 is 18.3 Å². The number of alkyl carbamates (subject to hydrolysis) is 2. The van der Waals surface area contributed by atoms with Gasteiger partial charge in [0, 0.05) is 0 Å². The van der Waals surface area contributed by atoms with Gasteiger partial charge in [-0.1, -0.05) is 6.07 Å². The maximum atomic E-state index is 13.3. The van der Waals surface area contributed by atoms with E-state index in [2.05, 4.69) is 15.6 Å². The fourth-order valence-corrected chi connectivity index (χ4v) is 1.56. The molecule has 1 aromatic rings. The summed E-state index contributed by atoms with van der Waals surface area (Å²) in [5.41, 5.74) is -1.28. The minimum absolute atomic E-state index is 0.196. The van der Waals surface area contributed by atoms with Crippen LogP contribution in [0.25, 0.3) is 0 Å². The number of nitrogens with one attached hydrogen (secondary N) is 2. The molecule has 0 aliphatic heterocycles. The number of aliphatic imine (C=N–C) groups is 1. The van der Waals surface area contributed by atoms with Crippen molar-refractivity contribution >= 4 is 30.0 Å². The zero-order chi connectivity index (χ0) is 22.0. The van der Waals surface area contributed by atoms with Gasteiger partial charge in [-0.25, -0.2) is 19.0 Å². The van der Waals surface area contributed by atoms with Gasteiger partial charge in [-0.3, -0.25) is 10.6 Å². The molecule has 1 aromatic carbocycles. The Bertz CT molecular complexity index is 712. The second kappa shape index (κ2) is 10.8. The summed E-state index contributed by atoms with van der Waals surface area (Å²) < 4.78 is 23.5. The van der Waals surface area contributed by atoms with E-state index in [1.54, 1.807) is 41.5 Å². The average Bonchev–Trinajstić information content (AvgIpc) is 2.43. The molecule has 0 radical (unpaired) electrons. The van der Waals surface area contributed by atoms with Crippen LogP contribution < -0.4 is 10.6 Å². The summed E-state index contributed by atoms with van der Waals surface area (Å²) in [6.07, 6.45) is -1.39. The van der Waals surface area contributed by atoms with E-state index in [0.29, 0.717) is 0 Å². The van der Waals surface area contributed by atoms with Crippen molar-refractivity contribution in [2.24, 2.45) is 4.99 Å². The van der Waals surface area contributed by atoms with Crippen LogP contribution >= 0.6 is 0 Å². The van der Waals surface area contributed by atoms with Gasteiger partial charge in [-0.15, -0.1) is 0 Å². The van der Waals surface area contributed by atoms with Crippen molar-refractivity contribution < 1.29 is 33.0 Å². The highest BCUT2D eigenvalue weighted by Crippen LogP contribution is 2.13. The first kappa shape index (κ1) is 24.7. The quantitative estimate of drug-likeness (QED) is 0.554. The topological polar surface area (TPSA) is 123 Å². The van der Waals surface area contributed by atoms with E-state index in [0.717, 1.165) is 6.07 Å². The first-order valence-corrected chi connectivity index (χ1v) is 8.09. The van der Waals surface area contributed by atoms with Gasteiger partial charge < -0.3 is 9.47 Å². The highest BCUT2D eigenvalue weighted by atomic mass is 19.1. The Morgan fingerprint density at radius 3 is 1.75 bits per heavy atom. The molecule has 9 nitrogen and oxygen atoms in total. The molecular weight excluding hydrogens is 373 g/mol. The Hall–Kier alpha value is -3.26. The molecule has 0 saturated heterocycles. The molecule has 10 heteroatoms. The maximum absolute atomic E-state index is 13.3. The van der Waals surface area contributed by atoms with Crippen LogP contribution in [0.3, 0.4) is 0 Å². The molecule has 0 unspecified atom stereocenters. The lowest BCUT2D eigenvalue weighted by Crippen LogP contribution is -2.47. The van der Waals surface area contributed by atoms with Crippen molar-refractivity contribution in [1.29, 1.82) is 0 Å². The second-order valence-electron chi connectivity index (χ2n) is 7.28. The number of halogens is 1. The smallest absolute Gasteiger partial charge is 0.414 e. The highest BCUT2D eigenvalue weighted by molar-refractivity contribution is 6.02. The predicted octanol–water partition coefficient (Wildman–Crippen LogP) is 3.28. The van der Waals surface area contributed by atoms with E-state index in [1.165, 1.54) is 18.2 Å². The highest BCUT2D eigenvalue weighted by Gasteiger charge is 2.21. The third-order valence-electron chi connectivity index (χ3n) is 2.29. The normalized spacial score (nSPS) is 10.4. The van der Waals surface area contributed by atoms with Crippen LogP contribution in [-0.2, 0) is 19.1 Å². The third-order valence-corrected chi connectivity index (χ3v) is 2.29. The Morgan fingerprint density at radius 2 is 1.39 bits per heavy atom. The zero-order valence-corrected chi connectivity index (χ0v) is 16.6. The van der Waals surface area contributed by atoms with E-state index in [4.69, 9.17) is 19.1 Å². The molecule has 1 rings (SSSR count). The van der Waals surface area contributed by atoms with Gasteiger partial charge in [0.25, 0.3) is 0 Å². The number of hydrogen-bond acceptors (Lipinski definition) is 7. The van der Waals surface area contributed by atoms with Gasteiger partial charge in [-0.2, -0.15) is 9.59 Å². The largest absolute Gasteiger partial charge is 0.444 e. The number of carbonyl (C=O) groups excluding carboxylic acids is 4. The van der Waals surface area contributed by atoms with Crippen LogP contribution in [0.2, 0.25) is 0 Å². The Kier molecular flexibility index (Phi) is 9.53. The molecule has 0 atom stereocenters. The molecule has 0 aliphatic carbocycles. The first-order valence-electron chi connectivity index (χ1n) is 8.09. The minimum Gasteiger partial charge on any atom is -0.444 e. The summed E-state index contributed by atoms with van der Waals surface area (Å²) in [6.45, 7) is 10.2. The van der Waals surface area contributed by atoms with Crippen LogP contribution in [0.1, 0.15) is 41.5 Å². The summed E-state index contributed by atoms with van der Waals surface area (Å²) in [5.74, 6) is -0.746. The van der Waals surface area contributed by atoms with Crippen LogP contribution in [0.15, 0.2) is 29.3 Å². The lowest BCUT2D eigenvalue weighted by atomic mass is 10.2. The second-order valence-corrected chi connectivity index (χ2v) is 7.28. The SMILES string of the molecule is CC(C)(C)OC(=O)NC(=Nc1cccc(F)c1)NC(=O)OC(C)(C)C.O=C=O. The van der Waals surface area contributed by atoms with E-state index in [-0.39, 0.29) is 17.8 Å². The van der Waals surface area contributed by atoms with Gasteiger partial charge in [-0.05, 0) is 59.7 Å². The number of amides is 2. The summed E-state index contributed by atoms with van der Waals surface area (Å²) in [6, 6.07) is 5.36. The number of benzene rings is 1. The zero-order valence-electron chi connectivity index (χ0n) is 16.6. The molecule has 0 aliphatic rings. The van der Waals surface area contributed by atoms with Crippen molar-refractivity contribution in [2.75, 3.05) is 0 Å². The molecule has 28 heavy (non-hydrogen) atoms. The molecular formula is C18H24FN3O6. The third kappa shape index (κ3) is 13.0. The summed E-state index contributed by atoms with van der Waals surface area (Å²) in [7, 11) is 0. The molecule has 0 fully saturated rings. The Morgan fingerprint density at radius 1 is 0.964 bits per heavy atom.